The third kappa shape index (κ3) is 1.73. The Balaban J connectivity index is 3.05. The number of halogens is 1. The van der Waals surface area contributed by atoms with Gasteiger partial charge in [-0.25, -0.2) is 9.78 Å². The smallest absolute Gasteiger partial charge is 0.356 e. The molecule has 0 aromatic carbocycles. The maximum atomic E-state index is 10.9. The largest absolute Gasteiger partial charge is 0.464 e. The highest BCUT2D eigenvalue weighted by molar-refractivity contribution is 9.10. The van der Waals surface area contributed by atoms with Crippen LogP contribution < -0.4 is 5.73 Å². The fourth-order valence-corrected chi connectivity index (χ4v) is 0.887. The molecule has 0 atom stereocenters. The van der Waals surface area contributed by atoms with Gasteiger partial charge in [-0.05, 0) is 22.0 Å². The van der Waals surface area contributed by atoms with Crippen molar-refractivity contribution >= 4 is 27.6 Å². The van der Waals surface area contributed by atoms with Crippen LogP contribution in [0.15, 0.2) is 16.7 Å². The van der Waals surface area contributed by atoms with Crippen LogP contribution in [0.5, 0.6) is 0 Å². The van der Waals surface area contributed by atoms with Crippen LogP contribution in [0.3, 0.4) is 0 Å². The van der Waals surface area contributed by atoms with E-state index in [1.807, 2.05) is 0 Å². The first-order valence-electron chi connectivity index (χ1n) is 3.14. The second-order valence-electron chi connectivity index (χ2n) is 2.08. The van der Waals surface area contributed by atoms with Crippen molar-refractivity contribution in [3.63, 3.8) is 0 Å². The monoisotopic (exact) mass is 230 g/mol. The fourth-order valence-electron chi connectivity index (χ4n) is 0.670. The lowest BCUT2D eigenvalue weighted by molar-refractivity contribution is 0.0594. The number of nitrogens with zero attached hydrogens (tertiary/aromatic N) is 1. The van der Waals surface area contributed by atoms with Gasteiger partial charge in [0.1, 0.15) is 5.69 Å². The molecule has 0 aliphatic rings. The van der Waals surface area contributed by atoms with Crippen LogP contribution in [0.1, 0.15) is 10.5 Å². The first kappa shape index (κ1) is 8.99. The summed E-state index contributed by atoms with van der Waals surface area (Å²) in [6.45, 7) is 0. The van der Waals surface area contributed by atoms with Crippen molar-refractivity contribution in [3.8, 4) is 0 Å². The topological polar surface area (TPSA) is 65.2 Å². The standard InChI is InChI=1S/C7H7BrN2O2/c1-12-7(11)6-2-5(9)4(8)3-10-6/h2-3H,1H3,(H2,9,10). The van der Waals surface area contributed by atoms with E-state index in [4.69, 9.17) is 5.73 Å². The molecule has 1 heterocycles. The Hall–Kier alpha value is -1.10. The predicted molar refractivity (Wildman–Crippen MR) is 47.7 cm³/mol. The minimum atomic E-state index is -0.491. The van der Waals surface area contributed by atoms with Gasteiger partial charge in [0.05, 0.1) is 11.6 Å². The Kier molecular flexibility index (Phi) is 2.65. The molecular weight excluding hydrogens is 224 g/mol. The summed E-state index contributed by atoms with van der Waals surface area (Å²) in [5.74, 6) is -0.491. The van der Waals surface area contributed by atoms with Crippen molar-refractivity contribution in [2.75, 3.05) is 12.8 Å². The number of nitrogens with two attached hydrogens (primary N) is 1. The number of anilines is 1. The van der Waals surface area contributed by atoms with Crippen LogP contribution in [0.25, 0.3) is 0 Å². The maximum Gasteiger partial charge on any atom is 0.356 e. The Morgan fingerprint density at radius 2 is 2.42 bits per heavy atom. The molecule has 2 N–H and O–H groups in total. The van der Waals surface area contributed by atoms with Crippen molar-refractivity contribution in [1.29, 1.82) is 0 Å². The van der Waals surface area contributed by atoms with E-state index >= 15 is 0 Å². The van der Waals surface area contributed by atoms with Crippen molar-refractivity contribution in [2.24, 2.45) is 0 Å². The molecule has 1 aromatic heterocycles. The maximum absolute atomic E-state index is 10.9. The van der Waals surface area contributed by atoms with Crippen molar-refractivity contribution in [1.82, 2.24) is 4.98 Å². The minimum Gasteiger partial charge on any atom is -0.464 e. The summed E-state index contributed by atoms with van der Waals surface area (Å²) in [5, 5.41) is 0. The van der Waals surface area contributed by atoms with Gasteiger partial charge in [0.2, 0.25) is 0 Å². The number of carbonyl (C=O) groups excluding carboxylic acids is 1. The van der Waals surface area contributed by atoms with Crippen LogP contribution in [0.4, 0.5) is 5.69 Å². The van der Waals surface area contributed by atoms with Crippen LogP contribution in [0, 0.1) is 0 Å². The lowest BCUT2D eigenvalue weighted by Gasteiger charge is -2.00. The third-order valence-electron chi connectivity index (χ3n) is 1.28. The summed E-state index contributed by atoms with van der Waals surface area (Å²) >= 11 is 3.16. The molecule has 0 saturated carbocycles. The van der Waals surface area contributed by atoms with Gasteiger partial charge in [-0.15, -0.1) is 0 Å². The number of nitrogen functional groups attached to an aromatic ring is 1. The Bertz CT molecular complexity index is 314. The summed E-state index contributed by atoms with van der Waals surface area (Å²) in [6, 6.07) is 1.45. The van der Waals surface area contributed by atoms with Gasteiger partial charge < -0.3 is 10.5 Å². The van der Waals surface area contributed by atoms with E-state index in [1.54, 1.807) is 0 Å². The molecule has 0 bridgehead atoms. The second-order valence-corrected chi connectivity index (χ2v) is 2.94. The number of esters is 1. The van der Waals surface area contributed by atoms with Crippen LogP contribution >= 0.6 is 15.9 Å². The summed E-state index contributed by atoms with van der Waals surface area (Å²) in [7, 11) is 1.29. The number of pyridine rings is 1. The highest BCUT2D eigenvalue weighted by Gasteiger charge is 2.07. The molecule has 0 saturated heterocycles. The summed E-state index contributed by atoms with van der Waals surface area (Å²) in [5.41, 5.74) is 6.19. The van der Waals surface area contributed by atoms with E-state index in [1.165, 1.54) is 19.4 Å². The normalized spacial score (nSPS) is 9.50. The summed E-state index contributed by atoms with van der Waals surface area (Å²) < 4.78 is 5.12. The average Bonchev–Trinajstić information content (AvgIpc) is 2.08. The van der Waals surface area contributed by atoms with E-state index in [0.717, 1.165) is 0 Å². The van der Waals surface area contributed by atoms with Gasteiger partial charge in [0.25, 0.3) is 0 Å². The number of carbonyl (C=O) groups is 1. The minimum absolute atomic E-state index is 0.207. The van der Waals surface area contributed by atoms with Gasteiger partial charge >= 0.3 is 5.97 Å². The van der Waals surface area contributed by atoms with Crippen LogP contribution in [-0.2, 0) is 4.74 Å². The van der Waals surface area contributed by atoms with E-state index in [2.05, 4.69) is 25.7 Å². The fraction of sp³-hybridized carbons (Fsp3) is 0.143. The molecule has 0 amide bonds. The number of ether oxygens (including phenoxy) is 1. The van der Waals surface area contributed by atoms with E-state index in [-0.39, 0.29) is 5.69 Å². The molecule has 1 rings (SSSR count). The van der Waals surface area contributed by atoms with Crippen molar-refractivity contribution in [3.05, 3.63) is 22.4 Å². The number of hydrogen-bond donors (Lipinski definition) is 1. The van der Waals surface area contributed by atoms with Gasteiger partial charge in [0, 0.05) is 11.9 Å². The molecule has 5 heteroatoms. The first-order valence-corrected chi connectivity index (χ1v) is 3.93. The molecule has 0 unspecified atom stereocenters. The third-order valence-corrected chi connectivity index (χ3v) is 1.94. The van der Waals surface area contributed by atoms with E-state index in [9.17, 15) is 4.79 Å². The zero-order valence-corrected chi connectivity index (χ0v) is 7.96. The van der Waals surface area contributed by atoms with E-state index in [0.29, 0.717) is 10.2 Å². The molecule has 0 aliphatic carbocycles. The highest BCUT2D eigenvalue weighted by atomic mass is 79.9. The number of rotatable bonds is 1. The molecule has 0 aliphatic heterocycles. The molecule has 0 radical (unpaired) electrons. The second kappa shape index (κ2) is 3.53. The molecular formula is C7H7BrN2O2. The molecule has 64 valence electrons. The number of hydrogen-bond acceptors (Lipinski definition) is 4. The summed E-state index contributed by atoms with van der Waals surface area (Å²) in [4.78, 5) is 14.7. The average molecular weight is 231 g/mol. The molecule has 1 aromatic rings. The summed E-state index contributed by atoms with van der Waals surface area (Å²) in [6.07, 6.45) is 1.46. The first-order chi connectivity index (χ1) is 5.65. The zero-order valence-electron chi connectivity index (χ0n) is 6.37. The Morgan fingerprint density at radius 1 is 1.75 bits per heavy atom. The van der Waals surface area contributed by atoms with Crippen LogP contribution in [-0.4, -0.2) is 18.1 Å². The van der Waals surface area contributed by atoms with Crippen molar-refractivity contribution in [2.45, 2.75) is 0 Å². The Morgan fingerprint density at radius 3 is 2.92 bits per heavy atom. The van der Waals surface area contributed by atoms with Gasteiger partial charge in [-0.2, -0.15) is 0 Å². The zero-order chi connectivity index (χ0) is 9.14. The molecule has 4 nitrogen and oxygen atoms in total. The van der Waals surface area contributed by atoms with Gasteiger partial charge in [-0.3, -0.25) is 0 Å². The van der Waals surface area contributed by atoms with Crippen LogP contribution in [0.2, 0.25) is 0 Å². The SMILES string of the molecule is COC(=O)c1cc(N)c(Br)cn1. The molecule has 0 fully saturated rings. The lowest BCUT2D eigenvalue weighted by atomic mass is 10.3. The number of methoxy groups -OCH3 is 1. The van der Waals surface area contributed by atoms with Gasteiger partial charge in [0.15, 0.2) is 0 Å². The Labute approximate surface area is 77.9 Å². The number of aromatic nitrogens is 1. The van der Waals surface area contributed by atoms with Gasteiger partial charge in [-0.1, -0.05) is 0 Å². The lowest BCUT2D eigenvalue weighted by Crippen LogP contribution is -2.04. The highest BCUT2D eigenvalue weighted by Crippen LogP contribution is 2.18. The molecule has 0 spiro atoms. The van der Waals surface area contributed by atoms with E-state index < -0.39 is 5.97 Å². The predicted octanol–water partition coefficient (Wildman–Crippen LogP) is 1.21. The quantitative estimate of drug-likeness (QED) is 0.737. The molecule has 12 heavy (non-hydrogen) atoms. The van der Waals surface area contributed by atoms with Crippen molar-refractivity contribution < 1.29 is 9.53 Å².